The molecular formula is C16H23N. The summed E-state index contributed by atoms with van der Waals surface area (Å²) in [5.41, 5.74) is 1.06. The lowest BCUT2D eigenvalue weighted by atomic mass is 9.69. The van der Waals surface area contributed by atoms with Crippen molar-refractivity contribution in [3.05, 3.63) is 34.7 Å². The summed E-state index contributed by atoms with van der Waals surface area (Å²) in [4.78, 5) is 4.28. The van der Waals surface area contributed by atoms with Crippen LogP contribution in [0.1, 0.15) is 34.6 Å². The van der Waals surface area contributed by atoms with Gasteiger partial charge in [0.2, 0.25) is 0 Å². The van der Waals surface area contributed by atoms with Crippen molar-refractivity contribution in [1.82, 2.24) is 0 Å². The van der Waals surface area contributed by atoms with E-state index in [0.29, 0.717) is 0 Å². The van der Waals surface area contributed by atoms with Gasteiger partial charge in [-0.1, -0.05) is 50.3 Å². The fourth-order valence-electron chi connectivity index (χ4n) is 1.88. The summed E-state index contributed by atoms with van der Waals surface area (Å²) in [5, 5.41) is 2.28. The van der Waals surface area contributed by atoms with E-state index in [4.69, 9.17) is 0 Å². The third kappa shape index (κ3) is 2.33. The predicted octanol–water partition coefficient (Wildman–Crippen LogP) is 2.77. The third-order valence-corrected chi connectivity index (χ3v) is 4.28. The molecular weight excluding hydrogens is 206 g/mol. The molecule has 0 aliphatic rings. The van der Waals surface area contributed by atoms with E-state index < -0.39 is 0 Å². The highest BCUT2D eigenvalue weighted by molar-refractivity contribution is 5.52. The maximum absolute atomic E-state index is 4.28. The van der Waals surface area contributed by atoms with Crippen LogP contribution >= 0.6 is 0 Å². The maximum atomic E-state index is 4.28. The minimum atomic E-state index is -0.195. The Labute approximate surface area is 105 Å². The van der Waals surface area contributed by atoms with Gasteiger partial charge in [-0.3, -0.25) is 4.99 Å². The Morgan fingerprint density at radius 3 is 2.12 bits per heavy atom. The van der Waals surface area contributed by atoms with Crippen LogP contribution in [0, 0.1) is 5.41 Å². The molecule has 0 aromatic heterocycles. The average Bonchev–Trinajstić information content (AvgIpc) is 2.28. The third-order valence-electron chi connectivity index (χ3n) is 4.28. The molecule has 92 valence electrons. The van der Waals surface area contributed by atoms with Crippen LogP contribution in [0.15, 0.2) is 29.3 Å². The number of benzene rings is 1. The van der Waals surface area contributed by atoms with E-state index in [-0.39, 0.29) is 11.0 Å². The van der Waals surface area contributed by atoms with Gasteiger partial charge in [-0.15, -0.1) is 0 Å². The van der Waals surface area contributed by atoms with Crippen molar-refractivity contribution in [2.24, 2.45) is 10.4 Å². The first-order valence-electron chi connectivity index (χ1n) is 5.97. The van der Waals surface area contributed by atoms with Gasteiger partial charge in [-0.2, -0.15) is 0 Å². The van der Waals surface area contributed by atoms with Crippen LogP contribution in [0.25, 0.3) is 12.2 Å². The molecule has 0 unspecified atom stereocenters. The minimum absolute atomic E-state index is 0.0530. The molecule has 1 rings (SSSR count). The quantitative estimate of drug-likeness (QED) is 0.707. The largest absolute Gasteiger partial charge is 0.294 e. The van der Waals surface area contributed by atoms with Gasteiger partial charge in [-0.25, -0.2) is 0 Å². The summed E-state index contributed by atoms with van der Waals surface area (Å²) in [6.07, 6.45) is 0. The molecule has 0 saturated heterocycles. The van der Waals surface area contributed by atoms with Crippen LogP contribution in [0.2, 0.25) is 0 Å². The standard InChI is InChI=1S/C16H23N/c1-12-10-8-9-11-14(12)13(2)15(3,4)16(5,6)17-7/h8-11H,1,7H2,2-6H3/b14-13+. The average molecular weight is 229 g/mol. The molecule has 1 heteroatoms. The first-order chi connectivity index (χ1) is 7.74. The number of hydrogen-bond acceptors (Lipinski definition) is 1. The van der Waals surface area contributed by atoms with Crippen LogP contribution in [0.5, 0.6) is 0 Å². The second kappa shape index (κ2) is 4.48. The molecule has 1 aromatic rings. The van der Waals surface area contributed by atoms with E-state index in [2.05, 4.69) is 65.0 Å². The van der Waals surface area contributed by atoms with Crippen molar-refractivity contribution in [2.45, 2.75) is 40.2 Å². The van der Waals surface area contributed by atoms with Crippen LogP contribution in [-0.2, 0) is 0 Å². The minimum Gasteiger partial charge on any atom is -0.294 e. The monoisotopic (exact) mass is 229 g/mol. The van der Waals surface area contributed by atoms with Crippen molar-refractivity contribution < 1.29 is 0 Å². The van der Waals surface area contributed by atoms with E-state index in [1.807, 2.05) is 12.1 Å². The summed E-state index contributed by atoms with van der Waals surface area (Å²) < 4.78 is 0. The van der Waals surface area contributed by atoms with Crippen LogP contribution in [0.4, 0.5) is 0 Å². The van der Waals surface area contributed by atoms with Gasteiger partial charge < -0.3 is 0 Å². The molecule has 17 heavy (non-hydrogen) atoms. The zero-order valence-corrected chi connectivity index (χ0v) is 11.7. The molecule has 0 atom stereocenters. The topological polar surface area (TPSA) is 12.4 Å². The molecule has 0 heterocycles. The lowest BCUT2D eigenvalue weighted by Crippen LogP contribution is -2.41. The molecule has 0 saturated carbocycles. The maximum Gasteiger partial charge on any atom is 0.0632 e. The number of hydrogen-bond donors (Lipinski definition) is 0. The highest BCUT2D eigenvalue weighted by Gasteiger charge is 2.37. The van der Waals surface area contributed by atoms with Gasteiger partial charge in [0.15, 0.2) is 0 Å². The molecule has 0 fully saturated rings. The van der Waals surface area contributed by atoms with Crippen LogP contribution in [-0.4, -0.2) is 12.3 Å². The van der Waals surface area contributed by atoms with Gasteiger partial charge in [0, 0.05) is 5.41 Å². The molecule has 1 aromatic carbocycles. The van der Waals surface area contributed by atoms with Crippen molar-refractivity contribution in [2.75, 3.05) is 0 Å². The van der Waals surface area contributed by atoms with Gasteiger partial charge >= 0.3 is 0 Å². The number of rotatable bonds is 3. The Kier molecular flexibility index (Phi) is 3.61. The lowest BCUT2D eigenvalue weighted by molar-refractivity contribution is 0.286. The van der Waals surface area contributed by atoms with Crippen molar-refractivity contribution in [1.29, 1.82) is 0 Å². The summed E-state index contributed by atoms with van der Waals surface area (Å²) in [7, 11) is 0. The Hall–Kier alpha value is -1.37. The van der Waals surface area contributed by atoms with E-state index in [1.54, 1.807) is 0 Å². The smallest absolute Gasteiger partial charge is 0.0632 e. The second-order valence-corrected chi connectivity index (χ2v) is 5.62. The van der Waals surface area contributed by atoms with E-state index >= 15 is 0 Å². The number of aliphatic imine (C=N–C) groups is 1. The highest BCUT2D eigenvalue weighted by Crippen LogP contribution is 2.40. The van der Waals surface area contributed by atoms with Crippen LogP contribution in [0.3, 0.4) is 0 Å². The number of nitrogens with zero attached hydrogens (tertiary/aromatic N) is 1. The van der Waals surface area contributed by atoms with Crippen molar-refractivity contribution in [3.8, 4) is 0 Å². The van der Waals surface area contributed by atoms with Crippen molar-refractivity contribution in [3.63, 3.8) is 0 Å². The Morgan fingerprint density at radius 2 is 1.65 bits per heavy atom. The molecule has 0 N–H and O–H groups in total. The summed E-state index contributed by atoms with van der Waals surface area (Å²) in [6, 6.07) is 8.24. The predicted molar refractivity (Wildman–Crippen MR) is 77.7 cm³/mol. The fraction of sp³-hybridized carbons (Fsp3) is 0.438. The zero-order chi connectivity index (χ0) is 13.3. The molecule has 1 nitrogen and oxygen atoms in total. The second-order valence-electron chi connectivity index (χ2n) is 5.62. The lowest BCUT2D eigenvalue weighted by Gasteiger charge is -2.39. The molecule has 0 spiro atoms. The molecule has 0 aliphatic heterocycles. The Balaban J connectivity index is 3.56. The van der Waals surface area contributed by atoms with E-state index in [9.17, 15) is 0 Å². The molecule has 0 radical (unpaired) electrons. The van der Waals surface area contributed by atoms with E-state index in [0.717, 1.165) is 5.22 Å². The van der Waals surface area contributed by atoms with Gasteiger partial charge in [0.25, 0.3) is 0 Å². The van der Waals surface area contributed by atoms with Gasteiger partial charge in [0.1, 0.15) is 0 Å². The molecule has 0 aliphatic carbocycles. The summed E-state index contributed by atoms with van der Waals surface area (Å²) >= 11 is 0. The summed E-state index contributed by atoms with van der Waals surface area (Å²) in [6.45, 7) is 18.6. The SMILES string of the molecule is C=NC(C)(C)C(C)(C)/C(C)=c1\ccccc1=C. The first-order valence-corrected chi connectivity index (χ1v) is 5.97. The fourth-order valence-corrected chi connectivity index (χ4v) is 1.88. The van der Waals surface area contributed by atoms with Crippen molar-refractivity contribution >= 4 is 18.9 Å². The Bertz CT molecular complexity index is 521. The van der Waals surface area contributed by atoms with Gasteiger partial charge in [0.05, 0.1) is 5.54 Å². The zero-order valence-electron chi connectivity index (χ0n) is 11.7. The normalized spacial score (nSPS) is 14.4. The summed E-state index contributed by atoms with van der Waals surface area (Å²) in [5.74, 6) is 0. The highest BCUT2D eigenvalue weighted by atomic mass is 14.8. The molecule has 0 bridgehead atoms. The Morgan fingerprint density at radius 1 is 1.12 bits per heavy atom. The molecule has 0 amide bonds. The first kappa shape index (κ1) is 13.7. The van der Waals surface area contributed by atoms with Gasteiger partial charge in [-0.05, 0) is 37.9 Å². The van der Waals surface area contributed by atoms with Crippen LogP contribution < -0.4 is 10.4 Å². The van der Waals surface area contributed by atoms with E-state index in [1.165, 1.54) is 10.8 Å².